The number of ether oxygens (including phenoxy) is 1. The number of carbonyl (C=O) groups is 1. The molecule has 0 bridgehead atoms. The smallest absolute Gasteiger partial charge is 0.349 e. The number of halogens is 2. The fourth-order valence-electron chi connectivity index (χ4n) is 1.96. The van der Waals surface area contributed by atoms with Crippen molar-refractivity contribution in [1.29, 1.82) is 0 Å². The zero-order chi connectivity index (χ0) is 17.2. The fourth-order valence-corrected chi connectivity index (χ4v) is 5.09. The first-order valence-corrected chi connectivity index (χ1v) is 9.51. The Balaban J connectivity index is 2.31. The van der Waals surface area contributed by atoms with Crippen LogP contribution in [0.15, 0.2) is 34.5 Å². The number of benzene rings is 1. The number of rotatable bonds is 5. The fraction of sp³-hybridized carbons (Fsp3) is 0.214. The van der Waals surface area contributed by atoms with Gasteiger partial charge in [0.05, 0.1) is 7.11 Å². The van der Waals surface area contributed by atoms with Gasteiger partial charge in [0.15, 0.2) is 0 Å². The van der Waals surface area contributed by atoms with E-state index in [-0.39, 0.29) is 9.77 Å². The molecule has 2 aromatic rings. The summed E-state index contributed by atoms with van der Waals surface area (Å²) in [7, 11) is -2.71. The maximum absolute atomic E-state index is 12.5. The van der Waals surface area contributed by atoms with Gasteiger partial charge in [0.1, 0.15) is 9.77 Å². The van der Waals surface area contributed by atoms with Crippen LogP contribution in [0.5, 0.6) is 0 Å². The van der Waals surface area contributed by atoms with Crippen molar-refractivity contribution in [3.05, 3.63) is 50.1 Å². The molecule has 1 aromatic heterocycles. The summed E-state index contributed by atoms with van der Waals surface area (Å²) in [5.74, 6) is -0.697. The average Bonchev–Trinajstić information content (AvgIpc) is 2.96. The van der Waals surface area contributed by atoms with E-state index in [1.165, 1.54) is 24.6 Å². The second-order valence-electron chi connectivity index (χ2n) is 4.61. The van der Waals surface area contributed by atoms with E-state index < -0.39 is 22.0 Å². The van der Waals surface area contributed by atoms with Gasteiger partial charge in [-0.3, -0.25) is 0 Å². The maximum atomic E-state index is 12.5. The lowest BCUT2D eigenvalue weighted by Gasteiger charge is -2.16. The lowest BCUT2D eigenvalue weighted by atomic mass is 10.1. The van der Waals surface area contributed by atoms with E-state index >= 15 is 0 Å². The molecule has 0 aliphatic carbocycles. The van der Waals surface area contributed by atoms with Crippen LogP contribution in [0, 0.1) is 0 Å². The van der Waals surface area contributed by atoms with Crippen LogP contribution < -0.4 is 4.72 Å². The average molecular weight is 394 g/mol. The number of methoxy groups -OCH3 is 1. The topological polar surface area (TPSA) is 72.5 Å². The zero-order valence-corrected chi connectivity index (χ0v) is 15.3. The Morgan fingerprint density at radius 2 is 2.00 bits per heavy atom. The molecule has 0 amide bonds. The molecule has 2 rings (SSSR count). The van der Waals surface area contributed by atoms with Gasteiger partial charge in [-0.1, -0.05) is 29.3 Å². The Hall–Kier alpha value is -1.12. The van der Waals surface area contributed by atoms with Crippen molar-refractivity contribution >= 4 is 50.5 Å². The van der Waals surface area contributed by atoms with Crippen LogP contribution in [0.4, 0.5) is 0 Å². The number of carbonyl (C=O) groups excluding carboxylic acids is 1. The predicted octanol–water partition coefficient (Wildman–Crippen LogP) is 3.88. The number of hydrogen-bond acceptors (Lipinski definition) is 5. The van der Waals surface area contributed by atoms with Crippen molar-refractivity contribution in [2.45, 2.75) is 17.9 Å². The van der Waals surface area contributed by atoms with Gasteiger partial charge in [0.25, 0.3) is 0 Å². The van der Waals surface area contributed by atoms with Crippen molar-refractivity contribution in [2.24, 2.45) is 0 Å². The number of nitrogens with one attached hydrogen (secondary N) is 1. The molecule has 9 heteroatoms. The van der Waals surface area contributed by atoms with E-state index in [1.807, 2.05) is 0 Å². The third-order valence-corrected chi connectivity index (χ3v) is 6.22. The van der Waals surface area contributed by atoms with Crippen molar-refractivity contribution in [1.82, 2.24) is 4.72 Å². The molecule has 0 fully saturated rings. The van der Waals surface area contributed by atoms with E-state index in [0.717, 1.165) is 11.3 Å². The van der Waals surface area contributed by atoms with Gasteiger partial charge < -0.3 is 4.74 Å². The molecule has 1 N–H and O–H groups in total. The molecule has 0 spiro atoms. The molecule has 1 atom stereocenters. The summed E-state index contributed by atoms with van der Waals surface area (Å²) in [6.45, 7) is 1.65. The Kier molecular flexibility index (Phi) is 5.70. The number of esters is 1. The molecule has 1 heterocycles. The molecular weight excluding hydrogens is 381 g/mol. The van der Waals surface area contributed by atoms with Gasteiger partial charge in [-0.15, -0.1) is 11.3 Å². The quantitative estimate of drug-likeness (QED) is 0.782. The lowest BCUT2D eigenvalue weighted by Crippen LogP contribution is -2.28. The summed E-state index contributed by atoms with van der Waals surface area (Å²) in [4.78, 5) is 11.6. The van der Waals surface area contributed by atoms with E-state index in [4.69, 9.17) is 23.2 Å². The van der Waals surface area contributed by atoms with Gasteiger partial charge >= 0.3 is 5.97 Å². The Morgan fingerprint density at radius 3 is 2.61 bits per heavy atom. The summed E-state index contributed by atoms with van der Waals surface area (Å²) in [6.07, 6.45) is 0. The van der Waals surface area contributed by atoms with Crippen LogP contribution >= 0.6 is 34.5 Å². The van der Waals surface area contributed by atoms with Crippen LogP contribution in [0.2, 0.25) is 10.0 Å². The van der Waals surface area contributed by atoms with Crippen molar-refractivity contribution in [3.63, 3.8) is 0 Å². The molecular formula is C14H13Cl2NO4S2. The minimum Gasteiger partial charge on any atom is -0.465 e. The van der Waals surface area contributed by atoms with Crippen molar-refractivity contribution < 1.29 is 17.9 Å². The second-order valence-corrected chi connectivity index (χ2v) is 8.06. The van der Waals surface area contributed by atoms with E-state index in [9.17, 15) is 13.2 Å². The normalized spacial score (nSPS) is 12.9. The highest BCUT2D eigenvalue weighted by atomic mass is 35.5. The third-order valence-electron chi connectivity index (χ3n) is 3.05. The van der Waals surface area contributed by atoms with Crippen LogP contribution in [0.25, 0.3) is 0 Å². The zero-order valence-electron chi connectivity index (χ0n) is 12.2. The predicted molar refractivity (Wildman–Crippen MR) is 90.9 cm³/mol. The number of hydrogen-bond donors (Lipinski definition) is 1. The molecule has 124 valence electrons. The largest absolute Gasteiger partial charge is 0.465 e. The van der Waals surface area contributed by atoms with Crippen molar-refractivity contribution in [3.8, 4) is 0 Å². The highest BCUT2D eigenvalue weighted by Gasteiger charge is 2.27. The van der Waals surface area contributed by atoms with Gasteiger partial charge in [-0.2, -0.15) is 0 Å². The molecule has 5 nitrogen and oxygen atoms in total. The molecule has 0 radical (unpaired) electrons. The maximum Gasteiger partial charge on any atom is 0.349 e. The summed E-state index contributed by atoms with van der Waals surface area (Å²) in [5.41, 5.74) is 0.578. The second kappa shape index (κ2) is 7.19. The van der Waals surface area contributed by atoms with E-state index in [1.54, 1.807) is 19.1 Å². The highest BCUT2D eigenvalue weighted by Crippen LogP contribution is 2.29. The Labute approximate surface area is 148 Å². The van der Waals surface area contributed by atoms with Gasteiger partial charge in [-0.05, 0) is 36.1 Å². The monoisotopic (exact) mass is 393 g/mol. The summed E-state index contributed by atoms with van der Waals surface area (Å²) in [6, 6.07) is 5.56. The first-order valence-electron chi connectivity index (χ1n) is 6.39. The SMILES string of the molecule is COC(=O)c1sccc1S(=O)(=O)N[C@@H](C)c1ccc(Cl)cc1Cl. The van der Waals surface area contributed by atoms with Gasteiger partial charge in [0.2, 0.25) is 10.0 Å². The first-order chi connectivity index (χ1) is 10.8. The Bertz CT molecular complexity index is 833. The third kappa shape index (κ3) is 4.05. The lowest BCUT2D eigenvalue weighted by molar-refractivity contribution is 0.0602. The molecule has 0 unspecified atom stereocenters. The van der Waals surface area contributed by atoms with Gasteiger partial charge in [0, 0.05) is 16.1 Å². The number of thiophene rings is 1. The molecule has 1 aromatic carbocycles. The molecule has 0 saturated carbocycles. The van der Waals surface area contributed by atoms with Crippen LogP contribution in [-0.2, 0) is 14.8 Å². The molecule has 23 heavy (non-hydrogen) atoms. The van der Waals surface area contributed by atoms with Crippen LogP contribution in [-0.4, -0.2) is 21.5 Å². The van der Waals surface area contributed by atoms with Crippen molar-refractivity contribution in [2.75, 3.05) is 7.11 Å². The Morgan fingerprint density at radius 1 is 1.30 bits per heavy atom. The van der Waals surface area contributed by atoms with Crippen LogP contribution in [0.1, 0.15) is 28.2 Å². The summed E-state index contributed by atoms with van der Waals surface area (Å²) in [5, 5.41) is 2.33. The first kappa shape index (κ1) is 18.2. The summed E-state index contributed by atoms with van der Waals surface area (Å²) >= 11 is 12.9. The summed E-state index contributed by atoms with van der Waals surface area (Å²) < 4.78 is 32.1. The van der Waals surface area contributed by atoms with Gasteiger partial charge in [-0.25, -0.2) is 17.9 Å². The van der Waals surface area contributed by atoms with E-state index in [0.29, 0.717) is 15.6 Å². The molecule has 0 saturated heterocycles. The standard InChI is InChI=1S/C14H13Cl2NO4S2/c1-8(10-4-3-9(15)7-11(10)16)17-23(19,20)12-5-6-22-13(12)14(18)21-2/h3-8,17H,1-2H3/t8-/m0/s1. The minimum atomic E-state index is -3.91. The minimum absolute atomic E-state index is 0.0226. The highest BCUT2D eigenvalue weighted by molar-refractivity contribution is 7.89. The number of sulfonamides is 1. The van der Waals surface area contributed by atoms with Crippen LogP contribution in [0.3, 0.4) is 0 Å². The molecule has 0 aliphatic rings. The molecule has 0 aliphatic heterocycles. The van der Waals surface area contributed by atoms with E-state index in [2.05, 4.69) is 9.46 Å².